The van der Waals surface area contributed by atoms with Gasteiger partial charge in [0, 0.05) is 33.6 Å². The summed E-state index contributed by atoms with van der Waals surface area (Å²) in [7, 11) is 1.01. The third-order valence-corrected chi connectivity index (χ3v) is 8.98. The highest BCUT2D eigenvalue weighted by molar-refractivity contribution is 5.91. The largest absolute Gasteiger partial charge is 0.467 e. The van der Waals surface area contributed by atoms with Crippen molar-refractivity contribution in [3.05, 3.63) is 59.7 Å². The highest BCUT2D eigenvalue weighted by Crippen LogP contribution is 2.44. The van der Waals surface area contributed by atoms with Crippen LogP contribution in [-0.4, -0.2) is 118 Å². The molecule has 0 radical (unpaired) electrons. The molecule has 1 saturated heterocycles. The molecular weight excluding hydrogens is 766 g/mol. The first-order chi connectivity index (χ1) is 27.5. The summed E-state index contributed by atoms with van der Waals surface area (Å²) in [6, 6.07) is 12.6. The van der Waals surface area contributed by atoms with E-state index in [9.17, 15) is 38.4 Å². The van der Waals surface area contributed by atoms with Gasteiger partial charge in [0.2, 0.25) is 11.8 Å². The van der Waals surface area contributed by atoms with Crippen molar-refractivity contribution in [2.45, 2.75) is 90.2 Å². The van der Waals surface area contributed by atoms with Crippen molar-refractivity contribution >= 4 is 47.8 Å². The molecule has 2 aromatic rings. The molecule has 1 aliphatic heterocycles. The van der Waals surface area contributed by atoms with Crippen LogP contribution in [-0.2, 0) is 71.5 Å². The van der Waals surface area contributed by atoms with Crippen LogP contribution in [0.2, 0.25) is 0 Å². The summed E-state index contributed by atoms with van der Waals surface area (Å²) in [6.07, 6.45) is -9.60. The Labute approximate surface area is 333 Å². The monoisotopic (exact) mass is 813 g/mol. The van der Waals surface area contributed by atoms with E-state index >= 15 is 0 Å². The molecule has 0 aromatic heterocycles. The maximum atomic E-state index is 13.8. The number of carbonyl (C=O) groups excluding carboxylic acids is 8. The normalized spacial score (nSPS) is 20.5. The Morgan fingerprint density at radius 2 is 1.24 bits per heavy atom. The molecule has 1 heterocycles. The van der Waals surface area contributed by atoms with Crippen LogP contribution >= 0.6 is 0 Å². The van der Waals surface area contributed by atoms with Crippen LogP contribution < -0.4 is 16.0 Å². The van der Waals surface area contributed by atoms with Gasteiger partial charge in [-0.3, -0.25) is 28.8 Å². The molecule has 58 heavy (non-hydrogen) atoms. The van der Waals surface area contributed by atoms with E-state index in [0.29, 0.717) is 0 Å². The van der Waals surface area contributed by atoms with Crippen molar-refractivity contribution in [2.24, 2.45) is 5.92 Å². The second-order valence-corrected chi connectivity index (χ2v) is 13.6. The molecule has 0 bridgehead atoms. The van der Waals surface area contributed by atoms with E-state index < -0.39 is 110 Å². The summed E-state index contributed by atoms with van der Waals surface area (Å²) in [5, 5.41) is 7.35. The van der Waals surface area contributed by atoms with Gasteiger partial charge in [-0.2, -0.15) is 0 Å². The van der Waals surface area contributed by atoms with Gasteiger partial charge in [0.05, 0.1) is 13.7 Å². The first-order valence-corrected chi connectivity index (χ1v) is 18.2. The molecule has 1 aliphatic carbocycles. The number of rotatable bonds is 16. The van der Waals surface area contributed by atoms with Crippen molar-refractivity contribution in [1.82, 2.24) is 16.0 Å². The quantitative estimate of drug-likeness (QED) is 0.123. The van der Waals surface area contributed by atoms with Crippen LogP contribution in [0.1, 0.15) is 58.6 Å². The van der Waals surface area contributed by atoms with E-state index in [1.807, 2.05) is 48.5 Å². The minimum absolute atomic E-state index is 0.0363. The Morgan fingerprint density at radius 1 is 0.690 bits per heavy atom. The van der Waals surface area contributed by atoms with E-state index in [4.69, 9.17) is 37.9 Å². The number of alkyl carbamates (subject to hydrolysis) is 1. The Balaban J connectivity index is 1.54. The molecule has 3 N–H and O–H groups in total. The molecular formula is C39H47N3O16. The lowest BCUT2D eigenvalue weighted by Gasteiger charge is -2.43. The highest BCUT2D eigenvalue weighted by atomic mass is 16.7. The molecule has 19 heteroatoms. The predicted molar refractivity (Wildman–Crippen MR) is 197 cm³/mol. The number of nitrogens with one attached hydrogen (secondary N) is 3. The average molecular weight is 814 g/mol. The number of amides is 3. The van der Waals surface area contributed by atoms with Gasteiger partial charge in [-0.15, -0.1) is 0 Å². The van der Waals surface area contributed by atoms with Crippen LogP contribution in [0, 0.1) is 5.92 Å². The summed E-state index contributed by atoms with van der Waals surface area (Å²) < 4.78 is 42.7. The molecule has 3 amide bonds. The van der Waals surface area contributed by atoms with Gasteiger partial charge < -0.3 is 53.8 Å². The molecule has 2 aromatic carbocycles. The Kier molecular flexibility index (Phi) is 15.7. The van der Waals surface area contributed by atoms with Crippen molar-refractivity contribution in [1.29, 1.82) is 0 Å². The van der Waals surface area contributed by atoms with E-state index in [0.717, 1.165) is 57.1 Å². The minimum Gasteiger partial charge on any atom is -0.467 e. The van der Waals surface area contributed by atoms with Gasteiger partial charge in [0.15, 0.2) is 37.4 Å². The number of methoxy groups -OCH3 is 1. The molecule has 0 saturated carbocycles. The predicted octanol–water partition coefficient (Wildman–Crippen LogP) is 1.38. The standard InChI is InChI=1S/C39H47N3O16/c1-19(2)30(42-39(50)53-16-28-26-14-10-8-12-24(26)25-13-9-11-15-27(25)28)36(48)41-29(35(47)40-18-54-20(3)43)17-52-38-34(57-23(6)46)32(56-22(5)45)31(55-21(4)44)33(58-38)37(49)51-7/h8-15,19,28-34,38H,16-18H2,1-7H3,(H,40,47)(H,41,48)(H,42,50)/t29-,30-,31-,32-,33-,34+,38+/m0/s1. The number of hydrogen-bond donors (Lipinski definition) is 3. The first kappa shape index (κ1) is 44.6. The lowest BCUT2D eigenvalue weighted by molar-refractivity contribution is -0.302. The average Bonchev–Trinajstić information content (AvgIpc) is 3.48. The van der Waals surface area contributed by atoms with Crippen LogP contribution in [0.4, 0.5) is 4.79 Å². The van der Waals surface area contributed by atoms with Crippen LogP contribution in [0.25, 0.3) is 11.1 Å². The number of fused-ring (bicyclic) bond motifs is 3. The van der Waals surface area contributed by atoms with Crippen molar-refractivity contribution in [3.63, 3.8) is 0 Å². The smallest absolute Gasteiger partial charge is 0.407 e. The molecule has 314 valence electrons. The summed E-state index contributed by atoms with van der Waals surface area (Å²) in [4.78, 5) is 101. The van der Waals surface area contributed by atoms with Gasteiger partial charge in [-0.1, -0.05) is 62.4 Å². The summed E-state index contributed by atoms with van der Waals surface area (Å²) >= 11 is 0. The van der Waals surface area contributed by atoms with E-state index in [1.54, 1.807) is 13.8 Å². The molecule has 2 aliphatic rings. The molecule has 0 unspecified atom stereocenters. The summed E-state index contributed by atoms with van der Waals surface area (Å²) in [6.45, 7) is 5.99. The Bertz CT molecular complexity index is 1820. The maximum Gasteiger partial charge on any atom is 0.407 e. The molecule has 4 rings (SSSR count). The molecule has 19 nitrogen and oxygen atoms in total. The van der Waals surface area contributed by atoms with Crippen molar-refractivity contribution in [3.8, 4) is 11.1 Å². The lowest BCUT2D eigenvalue weighted by Crippen LogP contribution is -2.64. The second-order valence-electron chi connectivity index (χ2n) is 13.6. The topological polar surface area (TPSA) is 246 Å². The van der Waals surface area contributed by atoms with E-state index in [1.165, 1.54) is 0 Å². The number of carbonyl (C=O) groups is 8. The minimum atomic E-state index is -1.82. The Morgan fingerprint density at radius 3 is 1.78 bits per heavy atom. The van der Waals surface area contributed by atoms with E-state index in [2.05, 4.69) is 16.0 Å². The fourth-order valence-electron chi connectivity index (χ4n) is 6.48. The number of esters is 5. The molecule has 7 atom stereocenters. The lowest BCUT2D eigenvalue weighted by atomic mass is 9.97. The molecule has 1 fully saturated rings. The zero-order chi connectivity index (χ0) is 42.7. The van der Waals surface area contributed by atoms with Crippen molar-refractivity contribution in [2.75, 3.05) is 27.1 Å². The van der Waals surface area contributed by atoms with Crippen LogP contribution in [0.5, 0.6) is 0 Å². The van der Waals surface area contributed by atoms with Crippen molar-refractivity contribution < 1.29 is 76.3 Å². The SMILES string of the molecule is COC(=O)[C@H]1O[C@@H](OC[C@H](NC(=O)[C@@H](NC(=O)OCC2c3ccccc3-c3ccccc32)C(C)C)C(=O)NCOC(C)=O)[C@H](OC(C)=O)[C@@H](OC(C)=O)[C@@H]1OC(C)=O. The van der Waals surface area contributed by atoms with Crippen LogP contribution in [0.15, 0.2) is 48.5 Å². The number of benzene rings is 2. The molecule has 0 spiro atoms. The summed E-state index contributed by atoms with van der Waals surface area (Å²) in [5.74, 6) is -7.21. The maximum absolute atomic E-state index is 13.8. The van der Waals surface area contributed by atoms with Gasteiger partial charge >= 0.3 is 35.9 Å². The first-order valence-electron chi connectivity index (χ1n) is 18.2. The third kappa shape index (κ3) is 11.5. The van der Waals surface area contributed by atoms with Crippen LogP contribution in [0.3, 0.4) is 0 Å². The zero-order valence-corrected chi connectivity index (χ0v) is 33.0. The second kappa shape index (κ2) is 20.4. The van der Waals surface area contributed by atoms with Gasteiger partial charge in [-0.05, 0) is 28.2 Å². The third-order valence-electron chi connectivity index (χ3n) is 8.98. The Hall–Kier alpha value is -6.08. The fraction of sp³-hybridized carbons (Fsp3) is 0.487. The zero-order valence-electron chi connectivity index (χ0n) is 33.0. The summed E-state index contributed by atoms with van der Waals surface area (Å²) in [5.41, 5.74) is 4.01. The van der Waals surface area contributed by atoms with Gasteiger partial charge in [0.1, 0.15) is 18.7 Å². The number of ether oxygens (including phenoxy) is 8. The highest BCUT2D eigenvalue weighted by Gasteiger charge is 2.55. The van der Waals surface area contributed by atoms with Gasteiger partial charge in [-0.25, -0.2) is 9.59 Å². The fourth-order valence-corrected chi connectivity index (χ4v) is 6.48. The number of hydrogen-bond acceptors (Lipinski definition) is 16. The van der Waals surface area contributed by atoms with E-state index in [-0.39, 0.29) is 12.5 Å². The van der Waals surface area contributed by atoms with Gasteiger partial charge in [0.25, 0.3) is 0 Å².